The molecule has 0 amide bonds. The molecule has 2 rings (SSSR count). The monoisotopic (exact) mass is 246 g/mol. The van der Waals surface area contributed by atoms with E-state index in [0.29, 0.717) is 5.75 Å². The summed E-state index contributed by atoms with van der Waals surface area (Å²) in [6.07, 6.45) is 5.03. The number of amidine groups is 1. The van der Waals surface area contributed by atoms with E-state index in [9.17, 15) is 5.11 Å². The van der Waals surface area contributed by atoms with Gasteiger partial charge in [0.2, 0.25) is 0 Å². The van der Waals surface area contributed by atoms with Gasteiger partial charge in [-0.25, -0.2) is 0 Å². The van der Waals surface area contributed by atoms with Crippen LogP contribution in [-0.2, 0) is 0 Å². The second kappa shape index (κ2) is 5.58. The third kappa shape index (κ3) is 2.83. The van der Waals surface area contributed by atoms with Crippen molar-refractivity contribution < 1.29 is 9.84 Å². The number of methoxy groups -OCH3 is 1. The lowest BCUT2D eigenvalue weighted by atomic mass is 10.2. The van der Waals surface area contributed by atoms with Crippen LogP contribution in [0.4, 0.5) is 0 Å². The molecule has 0 fully saturated rings. The Labute approximate surface area is 107 Å². The highest BCUT2D eigenvalue weighted by atomic mass is 16.5. The third-order valence-electron chi connectivity index (χ3n) is 2.94. The zero-order valence-electron chi connectivity index (χ0n) is 10.8. The largest absolute Gasteiger partial charge is 0.504 e. The topological polar surface area (TPSA) is 45.1 Å². The highest BCUT2D eigenvalue weighted by molar-refractivity contribution is 5.96. The maximum atomic E-state index is 9.68. The molecule has 0 saturated heterocycles. The van der Waals surface area contributed by atoms with Crippen molar-refractivity contribution in [2.45, 2.75) is 6.42 Å². The molecule has 1 heterocycles. The van der Waals surface area contributed by atoms with Crippen molar-refractivity contribution in [3.05, 3.63) is 29.8 Å². The van der Waals surface area contributed by atoms with Crippen LogP contribution in [0.2, 0.25) is 0 Å². The molecule has 0 saturated carbocycles. The first kappa shape index (κ1) is 12.5. The summed E-state index contributed by atoms with van der Waals surface area (Å²) in [7, 11) is 3.57. The average Bonchev–Trinajstić information content (AvgIpc) is 2.38. The number of hydrogen-bond acceptors (Lipinski definition) is 4. The molecule has 96 valence electrons. The van der Waals surface area contributed by atoms with Crippen LogP contribution in [0, 0.1) is 0 Å². The van der Waals surface area contributed by atoms with Gasteiger partial charge in [-0.1, -0.05) is 12.1 Å². The highest BCUT2D eigenvalue weighted by Gasteiger charge is 2.07. The van der Waals surface area contributed by atoms with E-state index in [-0.39, 0.29) is 5.75 Å². The Balaban J connectivity index is 2.13. The molecule has 1 aliphatic rings. The number of rotatable bonds is 3. The maximum Gasteiger partial charge on any atom is 0.160 e. The van der Waals surface area contributed by atoms with Crippen LogP contribution >= 0.6 is 0 Å². The van der Waals surface area contributed by atoms with E-state index < -0.39 is 0 Å². The van der Waals surface area contributed by atoms with Gasteiger partial charge in [-0.3, -0.25) is 4.99 Å². The van der Waals surface area contributed by atoms with Gasteiger partial charge >= 0.3 is 0 Å². The second-order valence-corrected chi connectivity index (χ2v) is 4.28. The first-order valence-corrected chi connectivity index (χ1v) is 6.01. The summed E-state index contributed by atoms with van der Waals surface area (Å²) < 4.78 is 5.01. The van der Waals surface area contributed by atoms with Gasteiger partial charge in [-0.05, 0) is 30.2 Å². The first-order valence-electron chi connectivity index (χ1n) is 6.01. The van der Waals surface area contributed by atoms with Crippen molar-refractivity contribution >= 4 is 11.9 Å². The minimum Gasteiger partial charge on any atom is -0.504 e. The molecular weight excluding hydrogens is 228 g/mol. The van der Waals surface area contributed by atoms with Gasteiger partial charge in [-0.2, -0.15) is 0 Å². The molecular formula is C14H18N2O2. The Morgan fingerprint density at radius 3 is 2.89 bits per heavy atom. The first-order chi connectivity index (χ1) is 8.70. The fourth-order valence-corrected chi connectivity index (χ4v) is 1.90. The average molecular weight is 246 g/mol. The molecule has 1 aliphatic heterocycles. The van der Waals surface area contributed by atoms with E-state index in [1.54, 1.807) is 12.1 Å². The molecule has 0 radical (unpaired) electrons. The molecule has 1 N–H and O–H groups in total. The minimum absolute atomic E-state index is 0.151. The van der Waals surface area contributed by atoms with E-state index >= 15 is 0 Å². The van der Waals surface area contributed by atoms with E-state index in [0.717, 1.165) is 30.9 Å². The molecule has 0 aliphatic carbocycles. The second-order valence-electron chi connectivity index (χ2n) is 4.28. The van der Waals surface area contributed by atoms with Gasteiger partial charge in [0.05, 0.1) is 7.11 Å². The van der Waals surface area contributed by atoms with Crippen LogP contribution in [0.25, 0.3) is 6.08 Å². The Morgan fingerprint density at radius 1 is 1.39 bits per heavy atom. The smallest absolute Gasteiger partial charge is 0.160 e. The number of benzene rings is 1. The van der Waals surface area contributed by atoms with Crippen molar-refractivity contribution in [2.24, 2.45) is 4.99 Å². The number of aliphatic imine (C=N–C) groups is 1. The number of aromatic hydroxyl groups is 1. The van der Waals surface area contributed by atoms with Crippen molar-refractivity contribution in [2.75, 3.05) is 27.2 Å². The molecule has 4 nitrogen and oxygen atoms in total. The van der Waals surface area contributed by atoms with Crippen LogP contribution in [-0.4, -0.2) is 43.1 Å². The number of nitrogens with zero attached hydrogens (tertiary/aromatic N) is 2. The number of hydrogen-bond donors (Lipinski definition) is 1. The SMILES string of the molecule is COc1ccc(/C=C/C2=NCCCN2C)cc1O. The Morgan fingerprint density at radius 2 is 2.22 bits per heavy atom. The lowest BCUT2D eigenvalue weighted by molar-refractivity contribution is 0.373. The van der Waals surface area contributed by atoms with Gasteiger partial charge in [0.25, 0.3) is 0 Å². The molecule has 4 heteroatoms. The van der Waals surface area contributed by atoms with E-state index in [1.165, 1.54) is 7.11 Å². The summed E-state index contributed by atoms with van der Waals surface area (Å²) in [6, 6.07) is 5.33. The van der Waals surface area contributed by atoms with E-state index in [2.05, 4.69) is 9.89 Å². The van der Waals surface area contributed by atoms with Crippen LogP contribution in [0.1, 0.15) is 12.0 Å². The van der Waals surface area contributed by atoms with Crippen LogP contribution in [0.3, 0.4) is 0 Å². The summed E-state index contributed by atoms with van der Waals surface area (Å²) >= 11 is 0. The third-order valence-corrected chi connectivity index (χ3v) is 2.94. The standard InChI is InChI=1S/C14H18N2O2/c1-16-9-3-8-15-14(16)7-5-11-4-6-13(18-2)12(17)10-11/h4-7,10,17H,3,8-9H2,1-2H3/b7-5+. The van der Waals surface area contributed by atoms with Crippen molar-refractivity contribution in [3.63, 3.8) is 0 Å². The van der Waals surface area contributed by atoms with E-state index in [4.69, 9.17) is 4.74 Å². The molecule has 1 aromatic rings. The highest BCUT2D eigenvalue weighted by Crippen LogP contribution is 2.26. The minimum atomic E-state index is 0.151. The fraction of sp³-hybridized carbons (Fsp3) is 0.357. The fourth-order valence-electron chi connectivity index (χ4n) is 1.90. The molecule has 0 atom stereocenters. The zero-order valence-corrected chi connectivity index (χ0v) is 10.8. The van der Waals surface area contributed by atoms with Gasteiger partial charge < -0.3 is 14.7 Å². The number of phenolic OH excluding ortho intramolecular Hbond substituents is 1. The van der Waals surface area contributed by atoms with Crippen molar-refractivity contribution in [1.29, 1.82) is 0 Å². The lowest BCUT2D eigenvalue weighted by Gasteiger charge is -2.22. The summed E-state index contributed by atoms with van der Waals surface area (Å²) in [5.74, 6) is 1.62. The van der Waals surface area contributed by atoms with Gasteiger partial charge in [0.15, 0.2) is 11.5 Å². The Hall–Kier alpha value is -1.97. The zero-order chi connectivity index (χ0) is 13.0. The summed E-state index contributed by atoms with van der Waals surface area (Å²) in [4.78, 5) is 6.58. The van der Waals surface area contributed by atoms with Crippen LogP contribution in [0.15, 0.2) is 29.3 Å². The van der Waals surface area contributed by atoms with Crippen molar-refractivity contribution in [1.82, 2.24) is 4.90 Å². The van der Waals surface area contributed by atoms with Gasteiger partial charge in [0, 0.05) is 20.1 Å². The van der Waals surface area contributed by atoms with Crippen molar-refractivity contribution in [3.8, 4) is 11.5 Å². The summed E-state index contributed by atoms with van der Waals surface area (Å²) in [5, 5.41) is 9.68. The Bertz CT molecular complexity index is 481. The predicted molar refractivity (Wildman–Crippen MR) is 73.2 cm³/mol. The Kier molecular flexibility index (Phi) is 3.87. The molecule has 18 heavy (non-hydrogen) atoms. The number of phenols is 1. The molecule has 0 spiro atoms. The maximum absolute atomic E-state index is 9.68. The lowest BCUT2D eigenvalue weighted by Crippen LogP contribution is -2.30. The summed E-state index contributed by atoms with van der Waals surface area (Å²) in [5.41, 5.74) is 0.926. The van der Waals surface area contributed by atoms with Gasteiger partial charge in [0.1, 0.15) is 5.84 Å². The quantitative estimate of drug-likeness (QED) is 0.888. The number of likely N-dealkylation sites (N-methyl/N-ethyl adjacent to an activating group) is 1. The van der Waals surface area contributed by atoms with Gasteiger partial charge in [-0.15, -0.1) is 0 Å². The van der Waals surface area contributed by atoms with Crippen LogP contribution < -0.4 is 4.74 Å². The molecule has 0 bridgehead atoms. The molecule has 0 unspecified atom stereocenters. The number of ether oxygens (including phenoxy) is 1. The van der Waals surface area contributed by atoms with Crippen LogP contribution in [0.5, 0.6) is 11.5 Å². The predicted octanol–water partition coefficient (Wildman–Crippen LogP) is 2.15. The van der Waals surface area contributed by atoms with E-state index in [1.807, 2.05) is 25.3 Å². The molecule has 1 aromatic carbocycles. The summed E-state index contributed by atoms with van der Waals surface area (Å²) in [6.45, 7) is 1.93. The molecule has 0 aromatic heterocycles. The normalized spacial score (nSPS) is 15.9.